The smallest absolute Gasteiger partial charge is 0.226 e. The molecule has 108 valence electrons. The van der Waals surface area contributed by atoms with Crippen LogP contribution in [0, 0.1) is 0 Å². The molecule has 21 heavy (non-hydrogen) atoms. The van der Waals surface area contributed by atoms with Crippen LogP contribution in [0.4, 0.5) is 17.5 Å². The van der Waals surface area contributed by atoms with Crippen LogP contribution in [0.3, 0.4) is 0 Å². The lowest BCUT2D eigenvalue weighted by Crippen LogP contribution is -2.04. The van der Waals surface area contributed by atoms with Crippen LogP contribution in [0.2, 0.25) is 5.02 Å². The van der Waals surface area contributed by atoms with E-state index in [9.17, 15) is 0 Å². The zero-order chi connectivity index (χ0) is 14.8. The lowest BCUT2D eigenvalue weighted by atomic mass is 10.3. The van der Waals surface area contributed by atoms with E-state index in [1.165, 1.54) is 0 Å². The Labute approximate surface area is 139 Å². The van der Waals surface area contributed by atoms with E-state index in [4.69, 9.17) is 11.6 Å². The van der Waals surface area contributed by atoms with Gasteiger partial charge in [0.2, 0.25) is 5.95 Å². The fourth-order valence-corrected chi connectivity index (χ4v) is 3.45. The van der Waals surface area contributed by atoms with Crippen LogP contribution in [0.5, 0.6) is 0 Å². The van der Waals surface area contributed by atoms with Crippen molar-refractivity contribution >= 4 is 66.5 Å². The average molecular weight is 384 g/mol. The van der Waals surface area contributed by atoms with Gasteiger partial charge in [-0.25, -0.2) is 4.98 Å². The predicted molar refractivity (Wildman–Crippen MR) is 94.0 cm³/mol. The molecule has 0 amide bonds. The summed E-state index contributed by atoms with van der Waals surface area (Å²) < 4.78 is 0.891. The van der Waals surface area contributed by atoms with Gasteiger partial charge in [0.05, 0.1) is 11.1 Å². The van der Waals surface area contributed by atoms with Gasteiger partial charge in [0.1, 0.15) is 10.6 Å². The highest BCUT2D eigenvalue weighted by molar-refractivity contribution is 9.10. The summed E-state index contributed by atoms with van der Waals surface area (Å²) in [4.78, 5) is 9.98. The Bertz CT molecular complexity index is 790. The highest BCUT2D eigenvalue weighted by atomic mass is 79.9. The molecule has 1 aromatic carbocycles. The molecular weight excluding hydrogens is 372 g/mol. The SMILES string of the molecule is CCNc1nc(Nc2ccc(Cl)cc2Br)c2ccsc2n1. The number of thiophene rings is 1. The van der Waals surface area contributed by atoms with E-state index < -0.39 is 0 Å². The molecule has 0 unspecified atom stereocenters. The minimum absolute atomic E-state index is 0.625. The molecule has 0 bridgehead atoms. The highest BCUT2D eigenvalue weighted by Crippen LogP contribution is 2.32. The lowest BCUT2D eigenvalue weighted by molar-refractivity contribution is 1.11. The second kappa shape index (κ2) is 6.17. The molecule has 2 aromatic heterocycles. The van der Waals surface area contributed by atoms with E-state index in [2.05, 4.69) is 36.5 Å². The predicted octanol–water partition coefficient (Wildman–Crippen LogP) is 5.28. The number of rotatable bonds is 4. The van der Waals surface area contributed by atoms with E-state index in [0.29, 0.717) is 11.0 Å². The van der Waals surface area contributed by atoms with Crippen LogP contribution < -0.4 is 10.6 Å². The first-order chi connectivity index (χ1) is 10.2. The molecule has 3 rings (SSSR count). The van der Waals surface area contributed by atoms with Gasteiger partial charge in [0.15, 0.2) is 0 Å². The Balaban J connectivity index is 2.04. The molecule has 4 nitrogen and oxygen atoms in total. The van der Waals surface area contributed by atoms with E-state index >= 15 is 0 Å². The number of halogens is 2. The number of aromatic nitrogens is 2. The number of anilines is 3. The van der Waals surface area contributed by atoms with Crippen molar-refractivity contribution in [2.45, 2.75) is 6.92 Å². The van der Waals surface area contributed by atoms with E-state index in [1.54, 1.807) is 11.3 Å². The van der Waals surface area contributed by atoms with Crippen molar-refractivity contribution in [3.8, 4) is 0 Å². The van der Waals surface area contributed by atoms with Gasteiger partial charge >= 0.3 is 0 Å². The van der Waals surface area contributed by atoms with Gasteiger partial charge in [-0.3, -0.25) is 0 Å². The van der Waals surface area contributed by atoms with Crippen LogP contribution in [0.15, 0.2) is 34.1 Å². The number of hydrogen-bond acceptors (Lipinski definition) is 5. The third-order valence-electron chi connectivity index (χ3n) is 2.84. The summed E-state index contributed by atoms with van der Waals surface area (Å²) in [5.41, 5.74) is 0.910. The number of benzene rings is 1. The van der Waals surface area contributed by atoms with Gasteiger partial charge in [-0.2, -0.15) is 4.98 Å². The average Bonchev–Trinajstić information content (AvgIpc) is 2.91. The topological polar surface area (TPSA) is 49.8 Å². The van der Waals surface area contributed by atoms with Crippen molar-refractivity contribution in [2.24, 2.45) is 0 Å². The second-order valence-corrected chi connectivity index (χ2v) is 6.50. The van der Waals surface area contributed by atoms with E-state index in [0.717, 1.165) is 32.7 Å². The van der Waals surface area contributed by atoms with Crippen molar-refractivity contribution in [3.05, 3.63) is 39.1 Å². The van der Waals surface area contributed by atoms with Crippen molar-refractivity contribution in [1.29, 1.82) is 0 Å². The molecular formula is C14H12BrClN4S. The van der Waals surface area contributed by atoms with Gasteiger partial charge in [-0.05, 0) is 52.5 Å². The first kappa shape index (κ1) is 14.6. The third-order valence-corrected chi connectivity index (χ3v) is 4.54. The van der Waals surface area contributed by atoms with Crippen molar-refractivity contribution in [3.63, 3.8) is 0 Å². The normalized spacial score (nSPS) is 10.8. The van der Waals surface area contributed by atoms with Crippen LogP contribution in [-0.4, -0.2) is 16.5 Å². The van der Waals surface area contributed by atoms with Gasteiger partial charge in [0, 0.05) is 16.0 Å². The molecule has 0 aliphatic rings. The van der Waals surface area contributed by atoms with Crippen molar-refractivity contribution in [1.82, 2.24) is 9.97 Å². The Morgan fingerprint density at radius 1 is 1.29 bits per heavy atom. The maximum Gasteiger partial charge on any atom is 0.226 e. The summed E-state index contributed by atoms with van der Waals surface area (Å²) in [6.07, 6.45) is 0. The fraction of sp³-hybridized carbons (Fsp3) is 0.143. The zero-order valence-corrected chi connectivity index (χ0v) is 14.3. The van der Waals surface area contributed by atoms with E-state index in [1.807, 2.05) is 36.6 Å². The molecule has 2 heterocycles. The minimum Gasteiger partial charge on any atom is -0.354 e. The first-order valence-corrected chi connectivity index (χ1v) is 8.43. The molecule has 0 saturated heterocycles. The minimum atomic E-state index is 0.625. The van der Waals surface area contributed by atoms with Gasteiger partial charge in [-0.1, -0.05) is 11.6 Å². The number of nitrogens with zero attached hydrogens (tertiary/aromatic N) is 2. The monoisotopic (exact) mass is 382 g/mol. The fourth-order valence-electron chi connectivity index (χ4n) is 1.91. The standard InChI is InChI=1S/C14H12BrClN4S/c1-2-17-14-19-12(9-5-6-21-13(9)20-14)18-11-4-3-8(16)7-10(11)15/h3-7H,2H2,1H3,(H2,17,18,19,20). The Kier molecular flexibility index (Phi) is 4.28. The summed E-state index contributed by atoms with van der Waals surface area (Å²) in [6.45, 7) is 2.80. The summed E-state index contributed by atoms with van der Waals surface area (Å²) in [6, 6.07) is 7.62. The Morgan fingerprint density at radius 3 is 2.90 bits per heavy atom. The van der Waals surface area contributed by atoms with Gasteiger partial charge in [0.25, 0.3) is 0 Å². The summed E-state index contributed by atoms with van der Waals surface area (Å²) in [5, 5.41) is 10.2. The summed E-state index contributed by atoms with van der Waals surface area (Å²) >= 11 is 11.1. The van der Waals surface area contributed by atoms with Gasteiger partial charge < -0.3 is 10.6 Å². The molecule has 0 atom stereocenters. The van der Waals surface area contributed by atoms with Crippen LogP contribution >= 0.6 is 38.9 Å². The molecule has 0 aliphatic carbocycles. The van der Waals surface area contributed by atoms with Gasteiger partial charge in [-0.15, -0.1) is 11.3 Å². The molecule has 0 aliphatic heterocycles. The second-order valence-electron chi connectivity index (χ2n) is 4.31. The quantitative estimate of drug-likeness (QED) is 0.643. The number of fused-ring (bicyclic) bond motifs is 1. The van der Waals surface area contributed by atoms with E-state index in [-0.39, 0.29) is 0 Å². The summed E-state index contributed by atoms with van der Waals surface area (Å²) in [7, 11) is 0. The Morgan fingerprint density at radius 2 is 2.14 bits per heavy atom. The van der Waals surface area contributed by atoms with Crippen LogP contribution in [0.1, 0.15) is 6.92 Å². The molecule has 0 radical (unpaired) electrons. The maximum atomic E-state index is 5.97. The molecule has 2 N–H and O–H groups in total. The highest BCUT2D eigenvalue weighted by Gasteiger charge is 2.10. The molecule has 7 heteroatoms. The third kappa shape index (κ3) is 3.12. The lowest BCUT2D eigenvalue weighted by Gasteiger charge is -2.11. The van der Waals surface area contributed by atoms with Crippen molar-refractivity contribution in [2.75, 3.05) is 17.2 Å². The molecule has 3 aromatic rings. The Hall–Kier alpha value is -1.37. The number of nitrogens with one attached hydrogen (secondary N) is 2. The summed E-state index contributed by atoms with van der Waals surface area (Å²) in [5.74, 6) is 1.40. The molecule has 0 spiro atoms. The molecule has 0 fully saturated rings. The largest absolute Gasteiger partial charge is 0.354 e. The zero-order valence-electron chi connectivity index (χ0n) is 11.2. The van der Waals surface area contributed by atoms with Crippen LogP contribution in [0.25, 0.3) is 10.2 Å². The number of hydrogen-bond donors (Lipinski definition) is 2. The molecule has 0 saturated carbocycles. The van der Waals surface area contributed by atoms with Crippen molar-refractivity contribution < 1.29 is 0 Å². The maximum absolute atomic E-state index is 5.97. The van der Waals surface area contributed by atoms with Crippen LogP contribution in [-0.2, 0) is 0 Å². The first-order valence-electron chi connectivity index (χ1n) is 6.38.